The molecule has 0 aliphatic rings. The van der Waals surface area contributed by atoms with E-state index in [1.807, 2.05) is 13.0 Å². The lowest BCUT2D eigenvalue weighted by molar-refractivity contribution is -0.119. The van der Waals surface area contributed by atoms with Crippen molar-refractivity contribution in [1.29, 1.82) is 0 Å². The summed E-state index contributed by atoms with van der Waals surface area (Å²) in [6.07, 6.45) is 1.67. The molecule has 1 atom stereocenters. The Balaban J connectivity index is 1.58. The Bertz CT molecular complexity index is 890. The Morgan fingerprint density at radius 3 is 2.58 bits per heavy atom. The van der Waals surface area contributed by atoms with Crippen molar-refractivity contribution in [1.82, 2.24) is 9.78 Å². The molecule has 1 N–H and O–H groups in total. The van der Waals surface area contributed by atoms with Gasteiger partial charge in [0.15, 0.2) is 0 Å². The van der Waals surface area contributed by atoms with E-state index >= 15 is 0 Å². The molecule has 3 aromatic rings. The number of nitrogens with zero attached hydrogens (tertiary/aromatic N) is 2. The van der Waals surface area contributed by atoms with Gasteiger partial charge in [-0.15, -0.1) is 0 Å². The first kappa shape index (κ1) is 17.7. The first-order valence-corrected chi connectivity index (χ1v) is 8.32. The second-order valence-electron chi connectivity index (χ2n) is 5.99. The fourth-order valence-electron chi connectivity index (χ4n) is 2.55. The summed E-state index contributed by atoms with van der Waals surface area (Å²) in [5.74, 6) is 0.151. The van der Waals surface area contributed by atoms with E-state index in [2.05, 4.69) is 10.4 Å². The zero-order chi connectivity index (χ0) is 18.5. The number of aromatic nitrogens is 2. The van der Waals surface area contributed by atoms with Gasteiger partial charge in [0.1, 0.15) is 24.2 Å². The summed E-state index contributed by atoms with van der Waals surface area (Å²) >= 11 is 0. The monoisotopic (exact) mass is 353 g/mol. The SMILES string of the molecule is Cc1ccnn1[C@H](C)C(=O)Nc1ccc(OCc2ccccc2F)cc1. The normalized spacial score (nSPS) is 11.8. The number of benzene rings is 2. The van der Waals surface area contributed by atoms with Gasteiger partial charge in [-0.1, -0.05) is 18.2 Å². The van der Waals surface area contributed by atoms with E-state index in [-0.39, 0.29) is 18.3 Å². The lowest BCUT2D eigenvalue weighted by Crippen LogP contribution is -2.25. The smallest absolute Gasteiger partial charge is 0.248 e. The van der Waals surface area contributed by atoms with Crippen LogP contribution in [0.2, 0.25) is 0 Å². The highest BCUT2D eigenvalue weighted by Gasteiger charge is 2.16. The van der Waals surface area contributed by atoms with Crippen LogP contribution >= 0.6 is 0 Å². The molecule has 6 heteroatoms. The van der Waals surface area contributed by atoms with Gasteiger partial charge in [-0.3, -0.25) is 9.48 Å². The van der Waals surface area contributed by atoms with E-state index in [0.29, 0.717) is 17.0 Å². The summed E-state index contributed by atoms with van der Waals surface area (Å²) in [7, 11) is 0. The number of hydrogen-bond acceptors (Lipinski definition) is 3. The Labute approximate surface area is 151 Å². The molecule has 134 valence electrons. The zero-order valence-electron chi connectivity index (χ0n) is 14.6. The standard InChI is InChI=1S/C20H20FN3O2/c1-14-11-12-22-24(14)15(2)20(25)23-17-7-9-18(10-8-17)26-13-16-5-3-4-6-19(16)21/h3-12,15H,13H2,1-2H3,(H,23,25)/t15-/m1/s1. The fraction of sp³-hybridized carbons (Fsp3) is 0.200. The van der Waals surface area contributed by atoms with Gasteiger partial charge in [0.2, 0.25) is 5.91 Å². The Morgan fingerprint density at radius 1 is 1.19 bits per heavy atom. The minimum Gasteiger partial charge on any atom is -0.489 e. The summed E-state index contributed by atoms with van der Waals surface area (Å²) in [4.78, 5) is 12.4. The van der Waals surface area contributed by atoms with Gasteiger partial charge in [-0.2, -0.15) is 5.10 Å². The minimum atomic E-state index is -0.415. The number of nitrogens with one attached hydrogen (secondary N) is 1. The number of carbonyl (C=O) groups excluding carboxylic acids is 1. The van der Waals surface area contributed by atoms with Gasteiger partial charge in [0.25, 0.3) is 0 Å². The average molecular weight is 353 g/mol. The van der Waals surface area contributed by atoms with Crippen LogP contribution in [0.4, 0.5) is 10.1 Å². The van der Waals surface area contributed by atoms with E-state index in [9.17, 15) is 9.18 Å². The van der Waals surface area contributed by atoms with Gasteiger partial charge in [0.05, 0.1) is 0 Å². The number of ether oxygens (including phenoxy) is 1. The second kappa shape index (κ2) is 7.82. The molecule has 0 aliphatic carbocycles. The van der Waals surface area contributed by atoms with Gasteiger partial charge in [-0.25, -0.2) is 4.39 Å². The van der Waals surface area contributed by atoms with Crippen LogP contribution in [0.3, 0.4) is 0 Å². The van der Waals surface area contributed by atoms with Gasteiger partial charge >= 0.3 is 0 Å². The largest absolute Gasteiger partial charge is 0.489 e. The summed E-state index contributed by atoms with van der Waals surface area (Å²) in [5.41, 5.74) is 2.07. The number of carbonyl (C=O) groups is 1. The summed E-state index contributed by atoms with van der Waals surface area (Å²) in [5, 5.41) is 7.01. The van der Waals surface area contributed by atoms with Crippen LogP contribution in [0, 0.1) is 12.7 Å². The summed E-state index contributed by atoms with van der Waals surface area (Å²) in [6.45, 7) is 3.84. The molecule has 5 nitrogen and oxygen atoms in total. The summed E-state index contributed by atoms with van der Waals surface area (Å²) < 4.78 is 20.8. The van der Waals surface area contributed by atoms with Crippen LogP contribution in [0.1, 0.15) is 24.2 Å². The van der Waals surface area contributed by atoms with Crippen molar-refractivity contribution in [3.8, 4) is 5.75 Å². The van der Waals surface area contributed by atoms with Gasteiger partial charge < -0.3 is 10.1 Å². The van der Waals surface area contributed by atoms with Crippen molar-refractivity contribution in [2.24, 2.45) is 0 Å². The molecule has 0 unspecified atom stereocenters. The van der Waals surface area contributed by atoms with Crippen molar-refractivity contribution in [2.75, 3.05) is 5.32 Å². The van der Waals surface area contributed by atoms with E-state index in [1.165, 1.54) is 6.07 Å². The molecule has 1 heterocycles. The Morgan fingerprint density at radius 2 is 1.92 bits per heavy atom. The molecule has 0 fully saturated rings. The maximum Gasteiger partial charge on any atom is 0.248 e. The third-order valence-electron chi connectivity index (χ3n) is 4.09. The molecular formula is C20H20FN3O2. The topological polar surface area (TPSA) is 56.2 Å². The fourth-order valence-corrected chi connectivity index (χ4v) is 2.55. The van der Waals surface area contributed by atoms with Crippen LogP contribution in [0.5, 0.6) is 5.75 Å². The third-order valence-corrected chi connectivity index (χ3v) is 4.09. The maximum atomic E-state index is 13.6. The molecule has 1 aromatic heterocycles. The number of amides is 1. The molecule has 2 aromatic carbocycles. The van der Waals surface area contributed by atoms with E-state index in [1.54, 1.807) is 60.3 Å². The lowest BCUT2D eigenvalue weighted by atomic mass is 10.2. The molecule has 0 bridgehead atoms. The van der Waals surface area contributed by atoms with Crippen molar-refractivity contribution >= 4 is 11.6 Å². The minimum absolute atomic E-state index is 0.147. The van der Waals surface area contributed by atoms with E-state index < -0.39 is 6.04 Å². The van der Waals surface area contributed by atoms with Crippen molar-refractivity contribution in [3.05, 3.63) is 77.9 Å². The molecule has 0 saturated heterocycles. The molecule has 0 radical (unpaired) electrons. The van der Waals surface area contributed by atoms with Crippen molar-refractivity contribution < 1.29 is 13.9 Å². The van der Waals surface area contributed by atoms with Gasteiger partial charge in [-0.05, 0) is 50.2 Å². The molecule has 26 heavy (non-hydrogen) atoms. The van der Waals surface area contributed by atoms with Crippen LogP contribution in [0.25, 0.3) is 0 Å². The maximum absolute atomic E-state index is 13.6. The second-order valence-corrected chi connectivity index (χ2v) is 5.99. The number of aryl methyl sites for hydroxylation is 1. The number of anilines is 1. The third kappa shape index (κ3) is 4.08. The molecule has 0 aliphatic heterocycles. The Hall–Kier alpha value is -3.15. The molecule has 0 saturated carbocycles. The number of halogens is 1. The van der Waals surface area contributed by atoms with Gasteiger partial charge in [0, 0.05) is 23.1 Å². The highest BCUT2D eigenvalue weighted by Crippen LogP contribution is 2.19. The Kier molecular flexibility index (Phi) is 5.31. The van der Waals surface area contributed by atoms with Crippen LogP contribution < -0.4 is 10.1 Å². The predicted octanol–water partition coefficient (Wildman–Crippen LogP) is 4.11. The summed E-state index contributed by atoms with van der Waals surface area (Å²) in [6, 6.07) is 14.9. The van der Waals surface area contributed by atoms with Crippen LogP contribution in [-0.4, -0.2) is 15.7 Å². The lowest BCUT2D eigenvalue weighted by Gasteiger charge is -2.15. The van der Waals surface area contributed by atoms with E-state index in [4.69, 9.17) is 4.74 Å². The van der Waals surface area contributed by atoms with Crippen molar-refractivity contribution in [3.63, 3.8) is 0 Å². The number of rotatable bonds is 6. The highest BCUT2D eigenvalue weighted by molar-refractivity contribution is 5.93. The molecular weight excluding hydrogens is 333 g/mol. The first-order valence-electron chi connectivity index (χ1n) is 8.32. The number of hydrogen-bond donors (Lipinski definition) is 1. The molecule has 0 spiro atoms. The molecule has 3 rings (SSSR count). The van der Waals surface area contributed by atoms with Crippen LogP contribution in [-0.2, 0) is 11.4 Å². The van der Waals surface area contributed by atoms with Crippen molar-refractivity contribution in [2.45, 2.75) is 26.5 Å². The zero-order valence-corrected chi connectivity index (χ0v) is 14.6. The predicted molar refractivity (Wildman–Crippen MR) is 97.5 cm³/mol. The van der Waals surface area contributed by atoms with E-state index in [0.717, 1.165) is 5.69 Å². The molecule has 1 amide bonds. The van der Waals surface area contributed by atoms with Crippen LogP contribution in [0.15, 0.2) is 60.8 Å². The quantitative estimate of drug-likeness (QED) is 0.726. The average Bonchev–Trinajstić information content (AvgIpc) is 3.07. The first-order chi connectivity index (χ1) is 12.5. The highest BCUT2D eigenvalue weighted by atomic mass is 19.1.